The third kappa shape index (κ3) is 2.93. The Kier molecular flexibility index (Phi) is 3.99. The van der Waals surface area contributed by atoms with E-state index in [1.54, 1.807) is 18.2 Å². The fourth-order valence-corrected chi connectivity index (χ4v) is 2.18. The minimum atomic E-state index is -1.28. The Morgan fingerprint density at radius 2 is 1.90 bits per heavy atom. The van der Waals surface area contributed by atoms with Crippen molar-refractivity contribution < 1.29 is 18.4 Å². The average Bonchev–Trinajstić information content (AvgIpc) is 2.31. The maximum Gasteiger partial charge on any atom is 0.347 e. The Hall–Kier alpha value is -2.02. The maximum atomic E-state index is 13.5. The Balaban J connectivity index is 2.50. The van der Waals surface area contributed by atoms with Gasteiger partial charge < -0.3 is 4.74 Å². The molecule has 0 atom stereocenters. The topological polar surface area (TPSA) is 52.4 Å². The molecule has 0 spiro atoms. The van der Waals surface area contributed by atoms with Crippen LogP contribution in [0.15, 0.2) is 34.8 Å². The van der Waals surface area contributed by atoms with Crippen molar-refractivity contribution in [2.45, 2.75) is 6.92 Å². The molecule has 2 rings (SSSR count). The van der Waals surface area contributed by atoms with Gasteiger partial charge in [-0.15, -0.1) is 0 Å². The molecule has 2 aromatic carbocycles. The summed E-state index contributed by atoms with van der Waals surface area (Å²) in [6.07, 6.45) is 0. The van der Waals surface area contributed by atoms with Gasteiger partial charge in [-0.25, -0.2) is 4.39 Å². The standard InChI is InChI=1S/C13H8BrF2NO3/c1-7-2-3-11(9(14)4-7)20-12-6-8(15)5-10(16)13(12)17(18)19/h2-6H,1H3. The minimum Gasteiger partial charge on any atom is -0.449 e. The summed E-state index contributed by atoms with van der Waals surface area (Å²) in [5, 5.41) is 10.8. The molecule has 0 aliphatic carbocycles. The molecule has 0 aliphatic heterocycles. The predicted molar refractivity (Wildman–Crippen MR) is 72.0 cm³/mol. The molecule has 2 aromatic rings. The van der Waals surface area contributed by atoms with Gasteiger partial charge >= 0.3 is 5.69 Å². The lowest BCUT2D eigenvalue weighted by molar-refractivity contribution is -0.388. The molecule has 0 N–H and O–H groups in total. The van der Waals surface area contributed by atoms with Crippen LogP contribution in [-0.4, -0.2) is 4.92 Å². The van der Waals surface area contributed by atoms with Crippen molar-refractivity contribution in [2.75, 3.05) is 0 Å². The van der Waals surface area contributed by atoms with Crippen LogP contribution in [0.25, 0.3) is 0 Å². The van der Waals surface area contributed by atoms with E-state index in [9.17, 15) is 18.9 Å². The van der Waals surface area contributed by atoms with Crippen molar-refractivity contribution in [1.82, 2.24) is 0 Å². The van der Waals surface area contributed by atoms with Gasteiger partial charge in [0.2, 0.25) is 11.6 Å². The molecule has 104 valence electrons. The van der Waals surface area contributed by atoms with Gasteiger partial charge in [-0.1, -0.05) is 6.07 Å². The second kappa shape index (κ2) is 5.54. The van der Waals surface area contributed by atoms with E-state index in [2.05, 4.69) is 15.9 Å². The van der Waals surface area contributed by atoms with Gasteiger partial charge in [0.1, 0.15) is 11.6 Å². The van der Waals surface area contributed by atoms with Crippen LogP contribution in [-0.2, 0) is 0 Å². The van der Waals surface area contributed by atoms with Crippen molar-refractivity contribution in [3.63, 3.8) is 0 Å². The molecule has 0 saturated carbocycles. The third-order valence-electron chi connectivity index (χ3n) is 2.48. The summed E-state index contributed by atoms with van der Waals surface area (Å²) in [6.45, 7) is 1.85. The fraction of sp³-hybridized carbons (Fsp3) is 0.0769. The molecule has 4 nitrogen and oxygen atoms in total. The lowest BCUT2D eigenvalue weighted by atomic mass is 10.2. The molecular formula is C13H8BrF2NO3. The highest BCUT2D eigenvalue weighted by Gasteiger charge is 2.24. The van der Waals surface area contributed by atoms with E-state index in [1.807, 2.05) is 6.92 Å². The van der Waals surface area contributed by atoms with E-state index in [1.165, 1.54) is 0 Å². The lowest BCUT2D eigenvalue weighted by Gasteiger charge is -2.09. The summed E-state index contributed by atoms with van der Waals surface area (Å²) >= 11 is 3.22. The number of ether oxygens (including phenoxy) is 1. The van der Waals surface area contributed by atoms with Gasteiger partial charge in [-0.05, 0) is 40.5 Å². The highest BCUT2D eigenvalue weighted by atomic mass is 79.9. The second-order valence-electron chi connectivity index (χ2n) is 4.03. The number of hydrogen-bond donors (Lipinski definition) is 0. The molecule has 0 unspecified atom stereocenters. The monoisotopic (exact) mass is 343 g/mol. The number of rotatable bonds is 3. The van der Waals surface area contributed by atoms with E-state index in [4.69, 9.17) is 4.74 Å². The van der Waals surface area contributed by atoms with Crippen LogP contribution in [0.3, 0.4) is 0 Å². The Labute approximate surface area is 121 Å². The number of nitro benzene ring substituents is 1. The van der Waals surface area contributed by atoms with E-state index >= 15 is 0 Å². The molecule has 0 saturated heterocycles. The van der Waals surface area contributed by atoms with Gasteiger partial charge in [0.15, 0.2) is 0 Å². The zero-order valence-electron chi connectivity index (χ0n) is 10.2. The van der Waals surface area contributed by atoms with Crippen molar-refractivity contribution in [2.24, 2.45) is 0 Å². The highest BCUT2D eigenvalue weighted by Crippen LogP contribution is 2.37. The Morgan fingerprint density at radius 3 is 2.50 bits per heavy atom. The van der Waals surface area contributed by atoms with Crippen molar-refractivity contribution in [1.29, 1.82) is 0 Å². The summed E-state index contributed by atoms with van der Waals surface area (Å²) in [6, 6.07) is 6.19. The smallest absolute Gasteiger partial charge is 0.347 e. The molecule has 0 aliphatic rings. The number of aryl methyl sites for hydroxylation is 1. The lowest BCUT2D eigenvalue weighted by Crippen LogP contribution is -1.98. The van der Waals surface area contributed by atoms with E-state index in [-0.39, 0.29) is 5.75 Å². The first-order valence-electron chi connectivity index (χ1n) is 5.46. The molecule has 0 amide bonds. The number of hydrogen-bond acceptors (Lipinski definition) is 3. The predicted octanol–water partition coefficient (Wildman–Crippen LogP) is 4.74. The summed E-state index contributed by atoms with van der Waals surface area (Å²) in [5.41, 5.74) is 0.0306. The van der Waals surface area contributed by atoms with Crippen LogP contribution in [0, 0.1) is 28.7 Å². The highest BCUT2D eigenvalue weighted by molar-refractivity contribution is 9.10. The van der Waals surface area contributed by atoms with Crippen LogP contribution >= 0.6 is 15.9 Å². The van der Waals surface area contributed by atoms with E-state index in [0.717, 1.165) is 11.6 Å². The maximum absolute atomic E-state index is 13.5. The molecular weight excluding hydrogens is 336 g/mol. The molecule has 0 heterocycles. The molecule has 20 heavy (non-hydrogen) atoms. The van der Waals surface area contributed by atoms with E-state index in [0.29, 0.717) is 10.5 Å². The van der Waals surface area contributed by atoms with Crippen LogP contribution < -0.4 is 4.74 Å². The number of nitro groups is 1. The normalized spacial score (nSPS) is 10.4. The zero-order valence-corrected chi connectivity index (χ0v) is 11.8. The van der Waals surface area contributed by atoms with Crippen molar-refractivity contribution in [3.05, 3.63) is 62.1 Å². The molecule has 0 bridgehead atoms. The molecule has 0 radical (unpaired) electrons. The van der Waals surface area contributed by atoms with Crippen LogP contribution in [0.5, 0.6) is 11.5 Å². The molecule has 0 aromatic heterocycles. The Bertz CT molecular complexity index is 692. The fourth-order valence-electron chi connectivity index (χ4n) is 1.60. The number of nitrogens with zero attached hydrogens (tertiary/aromatic N) is 1. The quantitative estimate of drug-likeness (QED) is 0.597. The average molecular weight is 344 g/mol. The third-order valence-corrected chi connectivity index (χ3v) is 3.10. The SMILES string of the molecule is Cc1ccc(Oc2cc(F)cc(F)c2[N+](=O)[O-])c(Br)c1. The first-order chi connectivity index (χ1) is 9.38. The summed E-state index contributed by atoms with van der Waals surface area (Å²) < 4.78 is 32.4. The second-order valence-corrected chi connectivity index (χ2v) is 4.88. The van der Waals surface area contributed by atoms with Gasteiger partial charge in [-0.2, -0.15) is 4.39 Å². The van der Waals surface area contributed by atoms with Crippen LogP contribution in [0.2, 0.25) is 0 Å². The number of halogens is 3. The van der Waals surface area contributed by atoms with Crippen molar-refractivity contribution >= 4 is 21.6 Å². The van der Waals surface area contributed by atoms with Crippen molar-refractivity contribution in [3.8, 4) is 11.5 Å². The van der Waals surface area contributed by atoms with E-state index < -0.39 is 28.0 Å². The first kappa shape index (κ1) is 14.4. The zero-order chi connectivity index (χ0) is 14.9. The first-order valence-corrected chi connectivity index (χ1v) is 6.25. The summed E-state index contributed by atoms with van der Waals surface area (Å²) in [7, 11) is 0. The Morgan fingerprint density at radius 1 is 1.20 bits per heavy atom. The molecule has 7 heteroatoms. The number of benzene rings is 2. The molecule has 0 fully saturated rings. The summed E-state index contributed by atoms with van der Waals surface area (Å²) in [5.74, 6) is -2.50. The van der Waals surface area contributed by atoms with Gasteiger partial charge in [-0.3, -0.25) is 10.1 Å². The van der Waals surface area contributed by atoms with Gasteiger partial charge in [0, 0.05) is 12.1 Å². The minimum absolute atomic E-state index is 0.226. The largest absolute Gasteiger partial charge is 0.449 e. The van der Waals surface area contributed by atoms with Gasteiger partial charge in [0.05, 0.1) is 9.40 Å². The van der Waals surface area contributed by atoms with Crippen LogP contribution in [0.1, 0.15) is 5.56 Å². The summed E-state index contributed by atoms with van der Waals surface area (Å²) in [4.78, 5) is 9.88. The van der Waals surface area contributed by atoms with Gasteiger partial charge in [0.25, 0.3) is 0 Å². The van der Waals surface area contributed by atoms with Crippen LogP contribution in [0.4, 0.5) is 14.5 Å².